The van der Waals surface area contributed by atoms with Crippen molar-refractivity contribution < 1.29 is 13.5 Å². The van der Waals surface area contributed by atoms with Crippen LogP contribution in [0.4, 0.5) is 8.78 Å². The third kappa shape index (κ3) is 3.82. The third-order valence-corrected chi connectivity index (χ3v) is 2.55. The van der Waals surface area contributed by atoms with E-state index in [9.17, 15) is 8.78 Å². The Hall–Kier alpha value is -0.870. The summed E-state index contributed by atoms with van der Waals surface area (Å²) in [7, 11) is 1.43. The SMILES string of the molecule is COc1ccc(C(F)(F)CC(C)(C)N)cc1Cl. The number of rotatable bonds is 4. The molecule has 0 aliphatic heterocycles. The van der Waals surface area contributed by atoms with Crippen LogP contribution in [-0.4, -0.2) is 12.6 Å². The zero-order valence-corrected chi connectivity index (χ0v) is 10.8. The van der Waals surface area contributed by atoms with Gasteiger partial charge in [-0.2, -0.15) is 0 Å². The molecule has 0 amide bonds. The van der Waals surface area contributed by atoms with Gasteiger partial charge in [0, 0.05) is 17.5 Å². The molecule has 0 atom stereocenters. The summed E-state index contributed by atoms with van der Waals surface area (Å²) in [5, 5.41) is 0.166. The smallest absolute Gasteiger partial charge is 0.275 e. The van der Waals surface area contributed by atoms with Gasteiger partial charge >= 0.3 is 0 Å². The lowest BCUT2D eigenvalue weighted by molar-refractivity contribution is -0.0295. The van der Waals surface area contributed by atoms with Crippen LogP contribution in [0.2, 0.25) is 5.02 Å². The van der Waals surface area contributed by atoms with E-state index in [4.69, 9.17) is 22.1 Å². The minimum absolute atomic E-state index is 0.151. The van der Waals surface area contributed by atoms with Crippen LogP contribution in [0.15, 0.2) is 18.2 Å². The highest BCUT2D eigenvalue weighted by atomic mass is 35.5. The molecule has 17 heavy (non-hydrogen) atoms. The first-order valence-electron chi connectivity index (χ1n) is 5.16. The van der Waals surface area contributed by atoms with Crippen LogP contribution in [0.25, 0.3) is 0 Å². The van der Waals surface area contributed by atoms with E-state index in [1.165, 1.54) is 25.3 Å². The Morgan fingerprint density at radius 2 is 1.94 bits per heavy atom. The maximum atomic E-state index is 13.9. The van der Waals surface area contributed by atoms with E-state index in [1.54, 1.807) is 13.8 Å². The minimum atomic E-state index is -3.01. The number of ether oxygens (including phenoxy) is 1. The lowest BCUT2D eigenvalue weighted by Crippen LogP contribution is -2.38. The number of alkyl halides is 2. The summed E-state index contributed by atoms with van der Waals surface area (Å²) in [4.78, 5) is 0. The molecule has 2 N–H and O–H groups in total. The highest BCUT2D eigenvalue weighted by Crippen LogP contribution is 2.38. The van der Waals surface area contributed by atoms with Gasteiger partial charge in [0.15, 0.2) is 0 Å². The summed E-state index contributed by atoms with van der Waals surface area (Å²) < 4.78 is 32.7. The van der Waals surface area contributed by atoms with Crippen LogP contribution in [0.1, 0.15) is 25.8 Å². The van der Waals surface area contributed by atoms with Gasteiger partial charge in [0.05, 0.1) is 12.1 Å². The van der Waals surface area contributed by atoms with E-state index in [1.807, 2.05) is 0 Å². The molecule has 96 valence electrons. The second kappa shape index (κ2) is 4.78. The minimum Gasteiger partial charge on any atom is -0.495 e. The summed E-state index contributed by atoms with van der Waals surface area (Å²) in [6, 6.07) is 3.94. The van der Waals surface area contributed by atoms with Crippen molar-refractivity contribution in [2.45, 2.75) is 31.7 Å². The molecule has 0 saturated carbocycles. The van der Waals surface area contributed by atoms with Crippen LogP contribution >= 0.6 is 11.6 Å². The number of hydrogen-bond donors (Lipinski definition) is 1. The predicted molar refractivity (Wildman–Crippen MR) is 64.8 cm³/mol. The number of methoxy groups -OCH3 is 1. The largest absolute Gasteiger partial charge is 0.495 e. The lowest BCUT2D eigenvalue weighted by atomic mass is 9.93. The maximum absolute atomic E-state index is 13.9. The second-order valence-corrected chi connectivity index (χ2v) is 5.13. The van der Waals surface area contributed by atoms with Gasteiger partial charge in [-0.05, 0) is 32.0 Å². The first-order chi connectivity index (χ1) is 7.65. The first-order valence-corrected chi connectivity index (χ1v) is 5.54. The Labute approximate surface area is 105 Å². The highest BCUT2D eigenvalue weighted by molar-refractivity contribution is 6.32. The van der Waals surface area contributed by atoms with Gasteiger partial charge in [-0.1, -0.05) is 11.6 Å². The van der Waals surface area contributed by atoms with Gasteiger partial charge in [0.2, 0.25) is 0 Å². The zero-order valence-electron chi connectivity index (χ0n) is 10.1. The first kappa shape index (κ1) is 14.2. The van der Waals surface area contributed by atoms with E-state index in [0.717, 1.165) is 0 Å². The molecular weight excluding hydrogens is 248 g/mol. The maximum Gasteiger partial charge on any atom is 0.275 e. The molecule has 0 radical (unpaired) electrons. The molecule has 0 unspecified atom stereocenters. The van der Waals surface area contributed by atoms with Crippen molar-refractivity contribution in [3.05, 3.63) is 28.8 Å². The van der Waals surface area contributed by atoms with Crippen LogP contribution in [0.3, 0.4) is 0 Å². The molecule has 2 nitrogen and oxygen atoms in total. The molecule has 1 aromatic rings. The molecule has 1 rings (SSSR count). The van der Waals surface area contributed by atoms with E-state index in [-0.39, 0.29) is 10.6 Å². The van der Waals surface area contributed by atoms with Crippen molar-refractivity contribution in [3.63, 3.8) is 0 Å². The molecule has 0 aliphatic rings. The van der Waals surface area contributed by atoms with Crippen LogP contribution in [0, 0.1) is 0 Å². The summed E-state index contributed by atoms with van der Waals surface area (Å²) in [5.41, 5.74) is 4.52. The average molecular weight is 264 g/mol. The van der Waals surface area contributed by atoms with Crippen molar-refractivity contribution in [2.75, 3.05) is 7.11 Å². The number of nitrogens with two attached hydrogens (primary N) is 1. The molecular formula is C12H16ClF2NO. The average Bonchev–Trinajstić information content (AvgIpc) is 2.13. The van der Waals surface area contributed by atoms with E-state index in [0.29, 0.717) is 5.75 Å². The summed E-state index contributed by atoms with van der Waals surface area (Å²) in [5.74, 6) is -2.63. The van der Waals surface area contributed by atoms with Gasteiger partial charge < -0.3 is 10.5 Å². The predicted octanol–water partition coefficient (Wildman–Crippen LogP) is 3.57. The van der Waals surface area contributed by atoms with E-state index < -0.39 is 17.9 Å². The third-order valence-electron chi connectivity index (χ3n) is 2.25. The Morgan fingerprint density at radius 3 is 2.35 bits per heavy atom. The normalized spacial score (nSPS) is 12.6. The van der Waals surface area contributed by atoms with Gasteiger partial charge in [0.1, 0.15) is 5.75 Å². The number of hydrogen-bond acceptors (Lipinski definition) is 2. The van der Waals surface area contributed by atoms with Crippen LogP contribution in [0.5, 0.6) is 5.75 Å². The Kier molecular flexibility index (Phi) is 3.99. The Bertz CT molecular complexity index is 402. The fourth-order valence-corrected chi connectivity index (χ4v) is 1.83. The lowest BCUT2D eigenvalue weighted by Gasteiger charge is -2.26. The number of benzene rings is 1. The molecule has 0 saturated heterocycles. The van der Waals surface area contributed by atoms with Gasteiger partial charge in [0.25, 0.3) is 5.92 Å². The summed E-state index contributed by atoms with van der Waals surface area (Å²) in [6.45, 7) is 3.12. The van der Waals surface area contributed by atoms with Crippen LogP contribution in [-0.2, 0) is 5.92 Å². The van der Waals surface area contributed by atoms with Gasteiger partial charge in [-0.25, -0.2) is 8.78 Å². The molecule has 0 fully saturated rings. The quantitative estimate of drug-likeness (QED) is 0.901. The van der Waals surface area contributed by atoms with Crippen molar-refractivity contribution in [1.29, 1.82) is 0 Å². The molecule has 0 aliphatic carbocycles. The molecule has 0 spiro atoms. The van der Waals surface area contributed by atoms with Crippen molar-refractivity contribution >= 4 is 11.6 Å². The van der Waals surface area contributed by atoms with E-state index >= 15 is 0 Å². The molecule has 1 aromatic carbocycles. The topological polar surface area (TPSA) is 35.2 Å². The highest BCUT2D eigenvalue weighted by Gasteiger charge is 2.37. The monoisotopic (exact) mass is 263 g/mol. The van der Waals surface area contributed by atoms with Gasteiger partial charge in [-0.3, -0.25) is 0 Å². The standard InChI is InChI=1S/C12H16ClF2NO/c1-11(2,16)7-12(14,15)8-4-5-10(17-3)9(13)6-8/h4-6H,7,16H2,1-3H3. The Morgan fingerprint density at radius 1 is 1.35 bits per heavy atom. The fraction of sp³-hybridized carbons (Fsp3) is 0.500. The summed E-state index contributed by atoms with van der Waals surface area (Å²) >= 11 is 5.82. The number of halogens is 3. The molecule has 0 heterocycles. The van der Waals surface area contributed by atoms with E-state index in [2.05, 4.69) is 0 Å². The van der Waals surface area contributed by atoms with Gasteiger partial charge in [-0.15, -0.1) is 0 Å². The summed E-state index contributed by atoms with van der Waals surface area (Å²) in [6.07, 6.45) is -0.442. The molecule has 0 aromatic heterocycles. The van der Waals surface area contributed by atoms with Crippen molar-refractivity contribution in [1.82, 2.24) is 0 Å². The molecule has 5 heteroatoms. The van der Waals surface area contributed by atoms with Crippen molar-refractivity contribution in [3.8, 4) is 5.75 Å². The second-order valence-electron chi connectivity index (χ2n) is 4.72. The van der Waals surface area contributed by atoms with Crippen LogP contribution < -0.4 is 10.5 Å². The molecule has 0 bridgehead atoms. The zero-order chi connectivity index (χ0) is 13.3. The van der Waals surface area contributed by atoms with Crippen molar-refractivity contribution in [2.24, 2.45) is 5.73 Å². The Balaban J connectivity index is 3.03. The fourth-order valence-electron chi connectivity index (χ4n) is 1.57.